The number of morpholine rings is 1. The van der Waals surface area contributed by atoms with Crippen LogP contribution in [0, 0.1) is 0 Å². The van der Waals surface area contributed by atoms with Crippen molar-refractivity contribution in [3.63, 3.8) is 0 Å². The van der Waals surface area contributed by atoms with Crippen LogP contribution in [0.3, 0.4) is 0 Å². The molecule has 32 heavy (non-hydrogen) atoms. The molecule has 2 aromatic carbocycles. The number of fused-ring (bicyclic) bond motifs is 1. The van der Waals surface area contributed by atoms with Crippen LogP contribution in [0.1, 0.15) is 35.3 Å². The second-order valence-electron chi connectivity index (χ2n) is 8.15. The van der Waals surface area contributed by atoms with Crippen molar-refractivity contribution in [1.29, 1.82) is 0 Å². The van der Waals surface area contributed by atoms with Gasteiger partial charge in [0.1, 0.15) is 4.90 Å². The normalized spacial score (nSPS) is 15.7. The number of hydrogen-bond donors (Lipinski definition) is 1. The zero-order chi connectivity index (χ0) is 23.1. The van der Waals surface area contributed by atoms with E-state index >= 15 is 0 Å². The largest absolute Gasteiger partial charge is 0.478 e. The minimum absolute atomic E-state index is 0.0411. The minimum Gasteiger partial charge on any atom is -0.478 e. The fraction of sp³-hybridized carbons (Fsp3) is 0.304. The number of aromatic carboxylic acids is 1. The summed E-state index contributed by atoms with van der Waals surface area (Å²) in [5.41, 5.74) is 0.657. The number of nitrogens with zero attached hydrogens (tertiary/aromatic N) is 2. The van der Waals surface area contributed by atoms with E-state index in [2.05, 4.69) is 4.98 Å². The molecule has 1 aliphatic heterocycles. The quantitative estimate of drug-likeness (QED) is 0.601. The molecule has 0 amide bonds. The van der Waals surface area contributed by atoms with E-state index in [0.29, 0.717) is 40.3 Å². The second-order valence-corrected chi connectivity index (χ2v) is 10.5. The molecule has 1 aromatic heterocycles. The molecule has 168 valence electrons. The number of hydrogen-bond acceptors (Lipinski definition) is 5. The fourth-order valence-corrected chi connectivity index (χ4v) is 6.15. The van der Waals surface area contributed by atoms with Crippen molar-refractivity contribution in [2.45, 2.75) is 24.2 Å². The maximum atomic E-state index is 13.7. The van der Waals surface area contributed by atoms with Crippen molar-refractivity contribution in [3.8, 4) is 0 Å². The molecule has 0 radical (unpaired) electrons. The van der Waals surface area contributed by atoms with Crippen molar-refractivity contribution >= 4 is 38.5 Å². The summed E-state index contributed by atoms with van der Waals surface area (Å²) < 4.78 is 34.1. The highest BCUT2D eigenvalue weighted by Crippen LogP contribution is 2.42. The third-order valence-electron chi connectivity index (χ3n) is 5.84. The SMILES string of the molecule is CC(C)(c1ccccc1C(=O)O)c1c(S(=O)(=O)N2CCOCC2)cnc2ccc(Cl)cc12. The molecule has 0 saturated carbocycles. The molecule has 1 aliphatic rings. The summed E-state index contributed by atoms with van der Waals surface area (Å²) in [5.74, 6) is -1.08. The molecule has 9 heteroatoms. The summed E-state index contributed by atoms with van der Waals surface area (Å²) in [6, 6.07) is 11.7. The Morgan fingerprint density at radius 3 is 2.53 bits per heavy atom. The minimum atomic E-state index is -3.92. The second kappa shape index (κ2) is 8.44. The molecule has 7 nitrogen and oxygen atoms in total. The van der Waals surface area contributed by atoms with E-state index in [1.54, 1.807) is 36.4 Å². The Hall–Kier alpha value is -2.52. The number of carboxylic acids is 1. The molecule has 0 atom stereocenters. The number of aromatic nitrogens is 1. The highest BCUT2D eigenvalue weighted by atomic mass is 35.5. The Balaban J connectivity index is 2.06. The van der Waals surface area contributed by atoms with Crippen molar-refractivity contribution in [1.82, 2.24) is 9.29 Å². The lowest BCUT2D eigenvalue weighted by Gasteiger charge is -2.33. The van der Waals surface area contributed by atoms with E-state index < -0.39 is 21.4 Å². The fourth-order valence-electron chi connectivity index (χ4n) is 4.26. The molecular weight excluding hydrogens is 452 g/mol. The number of sulfonamides is 1. The summed E-state index contributed by atoms with van der Waals surface area (Å²) in [4.78, 5) is 16.4. The van der Waals surface area contributed by atoms with E-state index in [-0.39, 0.29) is 23.5 Å². The van der Waals surface area contributed by atoms with Gasteiger partial charge in [0.2, 0.25) is 10.0 Å². The first-order valence-electron chi connectivity index (χ1n) is 10.1. The summed E-state index contributed by atoms with van der Waals surface area (Å²) in [6.07, 6.45) is 1.36. The highest BCUT2D eigenvalue weighted by molar-refractivity contribution is 7.89. The lowest BCUT2D eigenvalue weighted by atomic mass is 9.75. The van der Waals surface area contributed by atoms with Gasteiger partial charge in [-0.25, -0.2) is 13.2 Å². The molecular formula is C23H23ClN2O5S. The predicted octanol–water partition coefficient (Wildman–Crippen LogP) is 3.93. The Kier molecular flexibility index (Phi) is 5.98. The first kappa shape index (κ1) is 22.7. The van der Waals surface area contributed by atoms with E-state index in [1.165, 1.54) is 16.6 Å². The number of benzene rings is 2. The third kappa shape index (κ3) is 3.88. The molecule has 4 rings (SSSR count). The van der Waals surface area contributed by atoms with Gasteiger partial charge in [0, 0.05) is 35.1 Å². The summed E-state index contributed by atoms with van der Waals surface area (Å²) >= 11 is 6.29. The van der Waals surface area contributed by atoms with Gasteiger partial charge in [0.05, 0.1) is 24.3 Å². The Morgan fingerprint density at radius 2 is 1.84 bits per heavy atom. The smallest absolute Gasteiger partial charge is 0.335 e. The topological polar surface area (TPSA) is 96.8 Å². The number of halogens is 1. The van der Waals surface area contributed by atoms with Crippen LogP contribution in [0.5, 0.6) is 0 Å². The van der Waals surface area contributed by atoms with Crippen LogP contribution in [0.4, 0.5) is 0 Å². The third-order valence-corrected chi connectivity index (χ3v) is 7.98. The van der Waals surface area contributed by atoms with Crippen LogP contribution in [-0.2, 0) is 20.2 Å². The Labute approximate surface area is 191 Å². The summed E-state index contributed by atoms with van der Waals surface area (Å²) in [6.45, 7) is 4.74. The monoisotopic (exact) mass is 474 g/mol. The lowest BCUT2D eigenvalue weighted by Crippen LogP contribution is -2.41. The molecule has 0 aliphatic carbocycles. The number of ether oxygens (including phenoxy) is 1. The highest BCUT2D eigenvalue weighted by Gasteiger charge is 2.38. The molecule has 0 unspecified atom stereocenters. The van der Waals surface area contributed by atoms with Crippen LogP contribution in [-0.4, -0.2) is 55.1 Å². The van der Waals surface area contributed by atoms with Crippen molar-refractivity contribution < 1.29 is 23.1 Å². The standard InChI is InChI=1S/C23H23ClN2O5S/c1-23(2,18-6-4-3-5-16(18)22(27)28)21-17-13-15(24)7-8-19(17)25-14-20(21)32(29,30)26-9-11-31-12-10-26/h3-8,13-14H,9-12H2,1-2H3,(H,27,28). The van der Waals surface area contributed by atoms with Crippen molar-refractivity contribution in [2.75, 3.05) is 26.3 Å². The zero-order valence-electron chi connectivity index (χ0n) is 17.7. The molecule has 1 saturated heterocycles. The first-order valence-corrected chi connectivity index (χ1v) is 12.0. The van der Waals surface area contributed by atoms with Gasteiger partial charge < -0.3 is 9.84 Å². The average Bonchev–Trinajstić information content (AvgIpc) is 2.78. The van der Waals surface area contributed by atoms with Gasteiger partial charge in [-0.15, -0.1) is 0 Å². The van der Waals surface area contributed by atoms with E-state index in [9.17, 15) is 18.3 Å². The predicted molar refractivity (Wildman–Crippen MR) is 122 cm³/mol. The van der Waals surface area contributed by atoms with E-state index in [1.807, 2.05) is 13.8 Å². The molecule has 0 spiro atoms. The maximum Gasteiger partial charge on any atom is 0.335 e. The molecule has 3 aromatic rings. The summed E-state index contributed by atoms with van der Waals surface area (Å²) in [5, 5.41) is 10.8. The molecule has 1 fully saturated rings. The van der Waals surface area contributed by atoms with Crippen LogP contribution in [0.2, 0.25) is 5.02 Å². The van der Waals surface area contributed by atoms with E-state index in [0.717, 1.165) is 0 Å². The lowest BCUT2D eigenvalue weighted by molar-refractivity contribution is 0.0694. The van der Waals surface area contributed by atoms with Gasteiger partial charge in [-0.2, -0.15) is 4.31 Å². The number of carboxylic acid groups (broad SMARTS) is 1. The summed E-state index contributed by atoms with van der Waals surface area (Å²) in [7, 11) is -3.92. The molecule has 1 N–H and O–H groups in total. The van der Waals surface area contributed by atoms with E-state index in [4.69, 9.17) is 16.3 Å². The number of rotatable bonds is 5. The van der Waals surface area contributed by atoms with Crippen molar-refractivity contribution in [3.05, 3.63) is 70.4 Å². The van der Waals surface area contributed by atoms with Crippen LogP contribution < -0.4 is 0 Å². The van der Waals surface area contributed by atoms with Crippen LogP contribution in [0.15, 0.2) is 53.6 Å². The molecule has 2 heterocycles. The number of carbonyl (C=O) groups is 1. The van der Waals surface area contributed by atoms with Gasteiger partial charge in [0.15, 0.2) is 0 Å². The Bertz CT molecular complexity index is 1300. The van der Waals surface area contributed by atoms with Crippen molar-refractivity contribution in [2.24, 2.45) is 0 Å². The van der Waals surface area contributed by atoms with Gasteiger partial charge >= 0.3 is 5.97 Å². The van der Waals surface area contributed by atoms with Gasteiger partial charge in [-0.05, 0) is 35.4 Å². The number of pyridine rings is 1. The zero-order valence-corrected chi connectivity index (χ0v) is 19.3. The maximum absolute atomic E-state index is 13.7. The van der Waals surface area contributed by atoms with Crippen LogP contribution in [0.25, 0.3) is 10.9 Å². The van der Waals surface area contributed by atoms with Crippen LogP contribution >= 0.6 is 11.6 Å². The average molecular weight is 475 g/mol. The first-order chi connectivity index (χ1) is 15.1. The molecule has 0 bridgehead atoms. The van der Waals surface area contributed by atoms with Gasteiger partial charge in [-0.1, -0.05) is 43.6 Å². The van der Waals surface area contributed by atoms with Gasteiger partial charge in [0.25, 0.3) is 0 Å². The van der Waals surface area contributed by atoms with Gasteiger partial charge in [-0.3, -0.25) is 4.98 Å². The Morgan fingerprint density at radius 1 is 1.16 bits per heavy atom.